The quantitative estimate of drug-likeness (QED) is 0.667. The molecule has 0 unspecified atom stereocenters. The number of hydrogen-bond acceptors (Lipinski definition) is 0. The zero-order chi connectivity index (χ0) is 10.1. The molecule has 2 rings (SSSR count). The van der Waals surface area contributed by atoms with Crippen LogP contribution in [0.2, 0.25) is 0 Å². The lowest BCUT2D eigenvalue weighted by Crippen LogP contribution is -1.93. The Bertz CT molecular complexity index is 345. The third kappa shape index (κ3) is 1.75. The van der Waals surface area contributed by atoms with Crippen molar-refractivity contribution >= 4 is 0 Å². The van der Waals surface area contributed by atoms with Crippen molar-refractivity contribution in [1.29, 1.82) is 0 Å². The molecule has 0 heterocycles. The van der Waals surface area contributed by atoms with Gasteiger partial charge in [-0.15, -0.1) is 6.58 Å². The predicted octanol–water partition coefficient (Wildman–Crippen LogP) is 4.00. The molecule has 0 amide bonds. The molecule has 14 heavy (non-hydrogen) atoms. The second-order valence-electron chi connectivity index (χ2n) is 4.23. The highest BCUT2D eigenvalue weighted by Crippen LogP contribution is 2.41. The first-order valence-corrected chi connectivity index (χ1v) is 5.29. The summed E-state index contributed by atoms with van der Waals surface area (Å²) in [5.41, 5.74) is 4.29. The summed E-state index contributed by atoms with van der Waals surface area (Å²) < 4.78 is 0. The molecule has 0 heteroatoms. The maximum absolute atomic E-state index is 3.80. The summed E-state index contributed by atoms with van der Waals surface area (Å²) in [6.07, 6.45) is 4.68. The van der Waals surface area contributed by atoms with E-state index in [1.165, 1.54) is 29.9 Å². The molecule has 1 aromatic carbocycles. The van der Waals surface area contributed by atoms with Gasteiger partial charge in [-0.1, -0.05) is 31.2 Å². The predicted molar refractivity (Wildman–Crippen MR) is 61.4 cm³/mol. The minimum Gasteiger partial charge on any atom is -0.102 e. The summed E-state index contributed by atoms with van der Waals surface area (Å²) in [6, 6.07) is 6.79. The molecule has 0 aromatic heterocycles. The summed E-state index contributed by atoms with van der Waals surface area (Å²) in [5, 5.41) is 0. The smallest absolute Gasteiger partial charge is 0.0230 e. The number of allylic oxidation sites excluding steroid dienone is 1. The fraction of sp³-hybridized carbons (Fsp3) is 0.357. The minimum absolute atomic E-state index is 0.855. The zero-order valence-corrected chi connectivity index (χ0v) is 9.01. The maximum Gasteiger partial charge on any atom is 0.0230 e. The molecule has 0 spiro atoms. The van der Waals surface area contributed by atoms with Gasteiger partial charge < -0.3 is 0 Å². The van der Waals surface area contributed by atoms with Crippen LogP contribution in [0.1, 0.15) is 42.4 Å². The summed E-state index contributed by atoms with van der Waals surface area (Å²) in [5.74, 6) is 2.11. The van der Waals surface area contributed by atoms with Crippen molar-refractivity contribution in [2.24, 2.45) is 0 Å². The number of aryl methyl sites for hydroxylation is 1. The van der Waals surface area contributed by atoms with Crippen LogP contribution in [0.3, 0.4) is 0 Å². The van der Waals surface area contributed by atoms with Gasteiger partial charge in [0.05, 0.1) is 0 Å². The van der Waals surface area contributed by atoms with Crippen molar-refractivity contribution < 1.29 is 0 Å². The largest absolute Gasteiger partial charge is 0.102 e. The average Bonchev–Trinajstić information content (AvgIpc) is 3.00. The van der Waals surface area contributed by atoms with Crippen LogP contribution in [0.5, 0.6) is 0 Å². The second kappa shape index (κ2) is 3.61. The third-order valence-electron chi connectivity index (χ3n) is 3.05. The first-order chi connectivity index (χ1) is 6.72. The highest BCUT2D eigenvalue weighted by atomic mass is 14.3. The topological polar surface area (TPSA) is 0 Å². The highest BCUT2D eigenvalue weighted by molar-refractivity contribution is 5.43. The van der Waals surface area contributed by atoms with Crippen molar-refractivity contribution in [2.75, 3.05) is 0 Å². The molecule has 0 atom stereocenters. The normalized spacial score (nSPS) is 15.9. The summed E-state index contributed by atoms with van der Waals surface area (Å²) >= 11 is 0. The van der Waals surface area contributed by atoms with E-state index in [9.17, 15) is 0 Å². The van der Waals surface area contributed by atoms with Crippen molar-refractivity contribution in [1.82, 2.24) is 0 Å². The van der Waals surface area contributed by atoms with E-state index in [1.807, 2.05) is 6.08 Å². The van der Waals surface area contributed by atoms with Gasteiger partial charge >= 0.3 is 0 Å². The van der Waals surface area contributed by atoms with Gasteiger partial charge in [0.25, 0.3) is 0 Å². The van der Waals surface area contributed by atoms with Gasteiger partial charge in [0.1, 0.15) is 0 Å². The summed E-state index contributed by atoms with van der Waals surface area (Å²) in [7, 11) is 0. The van der Waals surface area contributed by atoms with Crippen LogP contribution in [0, 0.1) is 12.8 Å². The number of hydrogen-bond donors (Lipinski definition) is 0. The Morgan fingerprint density at radius 1 is 1.43 bits per heavy atom. The average molecular weight is 185 g/mol. The molecule has 0 N–H and O–H groups in total. The lowest BCUT2D eigenvalue weighted by atomic mass is 9.95. The Balaban J connectivity index is 2.29. The molecular formula is C14H17. The molecule has 1 aliphatic carbocycles. The molecule has 0 nitrogen and oxygen atoms in total. The van der Waals surface area contributed by atoms with Gasteiger partial charge in [-0.2, -0.15) is 0 Å². The lowest BCUT2D eigenvalue weighted by molar-refractivity contribution is 1.09. The van der Waals surface area contributed by atoms with Crippen LogP contribution in [0.25, 0.3) is 0 Å². The molecule has 1 fully saturated rings. The highest BCUT2D eigenvalue weighted by Gasteiger charge is 2.24. The first-order valence-electron chi connectivity index (χ1n) is 5.29. The molecule has 1 aliphatic rings. The van der Waals surface area contributed by atoms with Crippen molar-refractivity contribution in [3.05, 3.63) is 53.5 Å². The van der Waals surface area contributed by atoms with Crippen LogP contribution in [-0.4, -0.2) is 0 Å². The van der Waals surface area contributed by atoms with E-state index < -0.39 is 0 Å². The van der Waals surface area contributed by atoms with Gasteiger partial charge in [-0.3, -0.25) is 0 Å². The Labute approximate surface area is 86.7 Å². The van der Waals surface area contributed by atoms with Crippen LogP contribution in [0.15, 0.2) is 30.9 Å². The van der Waals surface area contributed by atoms with Crippen LogP contribution in [0.4, 0.5) is 0 Å². The number of benzene rings is 1. The van der Waals surface area contributed by atoms with E-state index in [-0.39, 0.29) is 0 Å². The van der Waals surface area contributed by atoms with Gasteiger partial charge in [0.15, 0.2) is 0 Å². The number of rotatable bonds is 3. The molecule has 0 saturated heterocycles. The first kappa shape index (κ1) is 9.51. The Morgan fingerprint density at radius 3 is 2.64 bits per heavy atom. The van der Waals surface area contributed by atoms with Gasteiger partial charge in [-0.05, 0) is 42.4 Å². The SMILES string of the molecule is C=C[C](C)c1ccc(C2CC2)c(C)c1. The Kier molecular flexibility index (Phi) is 2.45. The van der Waals surface area contributed by atoms with Gasteiger partial charge in [-0.25, -0.2) is 0 Å². The van der Waals surface area contributed by atoms with Crippen molar-refractivity contribution in [2.45, 2.75) is 32.6 Å². The van der Waals surface area contributed by atoms with Gasteiger partial charge in [0, 0.05) is 5.92 Å². The second-order valence-corrected chi connectivity index (χ2v) is 4.23. The minimum atomic E-state index is 0.855. The molecule has 0 bridgehead atoms. The van der Waals surface area contributed by atoms with Gasteiger partial charge in [0.2, 0.25) is 0 Å². The van der Waals surface area contributed by atoms with E-state index in [0.29, 0.717) is 0 Å². The van der Waals surface area contributed by atoms with E-state index in [2.05, 4.69) is 38.6 Å². The lowest BCUT2D eigenvalue weighted by Gasteiger charge is -2.10. The fourth-order valence-corrected chi connectivity index (χ4v) is 1.89. The van der Waals surface area contributed by atoms with Crippen molar-refractivity contribution in [3.63, 3.8) is 0 Å². The molecule has 1 saturated carbocycles. The summed E-state index contributed by atoms with van der Waals surface area (Å²) in [4.78, 5) is 0. The third-order valence-corrected chi connectivity index (χ3v) is 3.05. The van der Waals surface area contributed by atoms with Crippen LogP contribution in [-0.2, 0) is 0 Å². The van der Waals surface area contributed by atoms with Crippen molar-refractivity contribution in [3.8, 4) is 0 Å². The Morgan fingerprint density at radius 2 is 2.14 bits per heavy atom. The molecule has 1 radical (unpaired) electrons. The van der Waals surface area contributed by atoms with E-state index in [4.69, 9.17) is 0 Å². The van der Waals surface area contributed by atoms with E-state index in [0.717, 1.165) is 5.92 Å². The molecule has 0 aliphatic heterocycles. The monoisotopic (exact) mass is 185 g/mol. The van der Waals surface area contributed by atoms with Crippen LogP contribution < -0.4 is 0 Å². The standard InChI is InChI=1S/C14H17/c1-4-10(2)13-7-8-14(11(3)9-13)12-5-6-12/h4,7-9,12H,1,5-6H2,2-3H3. The van der Waals surface area contributed by atoms with E-state index in [1.54, 1.807) is 5.56 Å². The van der Waals surface area contributed by atoms with Crippen LogP contribution >= 0.6 is 0 Å². The van der Waals surface area contributed by atoms with E-state index >= 15 is 0 Å². The summed E-state index contributed by atoms with van der Waals surface area (Å²) in [6.45, 7) is 8.12. The zero-order valence-electron chi connectivity index (χ0n) is 9.01. The maximum atomic E-state index is 3.80. The molecule has 73 valence electrons. The molecular weight excluding hydrogens is 168 g/mol. The fourth-order valence-electron chi connectivity index (χ4n) is 1.89. The Hall–Kier alpha value is -1.04. The molecule has 1 aromatic rings.